The van der Waals surface area contributed by atoms with Crippen molar-refractivity contribution in [1.82, 2.24) is 0 Å². The van der Waals surface area contributed by atoms with Crippen LogP contribution in [0.25, 0.3) is 0 Å². The quantitative estimate of drug-likeness (QED) is 0.792. The third kappa shape index (κ3) is 3.97. The minimum atomic E-state index is -3.38. The lowest BCUT2D eigenvalue weighted by atomic mass is 10.2. The maximum Gasteiger partial charge on any atom is 0.239 e. The van der Waals surface area contributed by atoms with Crippen molar-refractivity contribution in [2.75, 3.05) is 16.8 Å². The van der Waals surface area contributed by atoms with E-state index >= 15 is 0 Å². The first-order chi connectivity index (χ1) is 9.79. The molecule has 1 aliphatic carbocycles. The molecule has 0 aliphatic heterocycles. The van der Waals surface area contributed by atoms with Gasteiger partial charge in [-0.25, -0.2) is 8.42 Å². The Balaban J connectivity index is 2.08. The van der Waals surface area contributed by atoms with Crippen molar-refractivity contribution in [3.05, 3.63) is 22.2 Å². The van der Waals surface area contributed by atoms with Gasteiger partial charge in [0, 0.05) is 4.47 Å². The van der Waals surface area contributed by atoms with Crippen molar-refractivity contribution < 1.29 is 13.2 Å². The number of benzene rings is 1. The van der Waals surface area contributed by atoms with E-state index in [9.17, 15) is 13.2 Å². The number of nitrogen functional groups attached to an aromatic ring is 1. The highest BCUT2D eigenvalue weighted by atomic mass is 79.9. The molecular weight excluding hydrogens is 356 g/mol. The second kappa shape index (κ2) is 6.36. The van der Waals surface area contributed by atoms with Crippen molar-refractivity contribution in [3.63, 3.8) is 0 Å². The minimum Gasteiger partial charge on any atom is -0.397 e. The summed E-state index contributed by atoms with van der Waals surface area (Å²) < 4.78 is 25.1. The van der Waals surface area contributed by atoms with Gasteiger partial charge in [-0.2, -0.15) is 0 Å². The van der Waals surface area contributed by atoms with Crippen molar-refractivity contribution >= 4 is 43.0 Å². The predicted molar refractivity (Wildman–Crippen MR) is 88.0 cm³/mol. The fourth-order valence-electron chi connectivity index (χ4n) is 2.59. The zero-order chi connectivity index (χ0) is 15.6. The predicted octanol–water partition coefficient (Wildman–Crippen LogP) is 2.64. The molecule has 1 fully saturated rings. The van der Waals surface area contributed by atoms with Crippen LogP contribution in [0.4, 0.5) is 11.4 Å². The number of carbonyl (C=O) groups excluding carboxylic acids is 1. The molecule has 0 aromatic heterocycles. The summed E-state index contributed by atoms with van der Waals surface area (Å²) in [6, 6.07) is 3.50. The standard InChI is InChI=1S/C14H19BrN2O3S/c1-9-6-10(15)7-12(14(9)16)17-13(18)8-21(19,20)11-4-2-3-5-11/h6-7,11H,2-5,8,16H2,1H3,(H,17,18). The van der Waals surface area contributed by atoms with Crippen LogP contribution in [0.2, 0.25) is 0 Å². The summed E-state index contributed by atoms with van der Waals surface area (Å²) in [5, 5.41) is 2.23. The molecule has 3 N–H and O–H groups in total. The monoisotopic (exact) mass is 374 g/mol. The summed E-state index contributed by atoms with van der Waals surface area (Å²) in [5.74, 6) is -1.02. The molecular formula is C14H19BrN2O3S. The Labute approximate surface area is 133 Å². The number of halogens is 1. The van der Waals surface area contributed by atoms with Crippen LogP contribution in [0.3, 0.4) is 0 Å². The second-order valence-corrected chi connectivity index (χ2v) is 8.64. The van der Waals surface area contributed by atoms with Crippen molar-refractivity contribution in [3.8, 4) is 0 Å². The Morgan fingerprint density at radius 2 is 2.00 bits per heavy atom. The van der Waals surface area contributed by atoms with Gasteiger partial charge in [0.1, 0.15) is 5.75 Å². The van der Waals surface area contributed by atoms with E-state index in [0.29, 0.717) is 24.2 Å². The maximum atomic E-state index is 12.2. The van der Waals surface area contributed by atoms with Crippen molar-refractivity contribution in [1.29, 1.82) is 0 Å². The number of nitrogens with one attached hydrogen (secondary N) is 1. The van der Waals surface area contributed by atoms with Crippen LogP contribution in [-0.4, -0.2) is 25.3 Å². The molecule has 1 aromatic carbocycles. The molecule has 0 spiro atoms. The fraction of sp³-hybridized carbons (Fsp3) is 0.500. The third-order valence-electron chi connectivity index (χ3n) is 3.77. The van der Waals surface area contributed by atoms with E-state index in [2.05, 4.69) is 21.2 Å². The first-order valence-corrected chi connectivity index (χ1v) is 9.37. The Morgan fingerprint density at radius 1 is 1.38 bits per heavy atom. The Morgan fingerprint density at radius 3 is 2.62 bits per heavy atom. The molecule has 1 aromatic rings. The van der Waals surface area contributed by atoms with Crippen LogP contribution >= 0.6 is 15.9 Å². The Hall–Kier alpha value is -1.08. The van der Waals surface area contributed by atoms with E-state index in [1.807, 2.05) is 13.0 Å². The summed E-state index contributed by atoms with van der Waals surface area (Å²) in [5.41, 5.74) is 7.61. The smallest absolute Gasteiger partial charge is 0.239 e. The highest BCUT2D eigenvalue weighted by Gasteiger charge is 2.30. The van der Waals surface area contributed by atoms with Crippen LogP contribution in [-0.2, 0) is 14.6 Å². The van der Waals surface area contributed by atoms with Crippen LogP contribution < -0.4 is 11.1 Å². The van der Waals surface area contributed by atoms with E-state index in [1.54, 1.807) is 6.07 Å². The van der Waals surface area contributed by atoms with E-state index in [4.69, 9.17) is 5.73 Å². The highest BCUT2D eigenvalue weighted by molar-refractivity contribution is 9.10. The van der Waals surface area contributed by atoms with Gasteiger partial charge in [-0.3, -0.25) is 4.79 Å². The van der Waals surface area contributed by atoms with Crippen LogP contribution in [0.5, 0.6) is 0 Å². The highest BCUT2D eigenvalue weighted by Crippen LogP contribution is 2.28. The van der Waals surface area contributed by atoms with Gasteiger partial charge < -0.3 is 11.1 Å². The van der Waals surface area contributed by atoms with Gasteiger partial charge in [-0.15, -0.1) is 0 Å². The average molecular weight is 375 g/mol. The summed E-state index contributed by atoms with van der Waals surface area (Å²) >= 11 is 3.33. The lowest BCUT2D eigenvalue weighted by molar-refractivity contribution is -0.113. The van der Waals surface area contributed by atoms with Gasteiger partial charge in [-0.1, -0.05) is 28.8 Å². The van der Waals surface area contributed by atoms with Gasteiger partial charge in [0.2, 0.25) is 5.91 Å². The Bertz CT molecular complexity index is 652. The fourth-order valence-corrected chi connectivity index (χ4v) is 4.89. The molecule has 1 saturated carbocycles. The lowest BCUT2D eigenvalue weighted by Gasteiger charge is -2.13. The van der Waals surface area contributed by atoms with Crippen molar-refractivity contribution in [2.24, 2.45) is 0 Å². The number of sulfone groups is 1. The number of hydrogen-bond acceptors (Lipinski definition) is 4. The van der Waals surface area contributed by atoms with Gasteiger partial charge in [0.25, 0.3) is 0 Å². The van der Waals surface area contributed by atoms with E-state index in [0.717, 1.165) is 22.9 Å². The molecule has 0 bridgehead atoms. The molecule has 2 rings (SSSR count). The van der Waals surface area contributed by atoms with Crippen LogP contribution in [0.15, 0.2) is 16.6 Å². The van der Waals surface area contributed by atoms with Crippen LogP contribution in [0.1, 0.15) is 31.2 Å². The summed E-state index contributed by atoms with van der Waals surface area (Å²) in [4.78, 5) is 12.0. The summed E-state index contributed by atoms with van der Waals surface area (Å²) in [6.07, 6.45) is 3.16. The van der Waals surface area contributed by atoms with Gasteiger partial charge in [0.05, 0.1) is 16.6 Å². The topological polar surface area (TPSA) is 89.3 Å². The van der Waals surface area contributed by atoms with E-state index < -0.39 is 21.5 Å². The number of amides is 1. The normalized spacial score (nSPS) is 16.1. The molecule has 1 aliphatic rings. The molecule has 0 unspecified atom stereocenters. The number of nitrogens with two attached hydrogens (primary N) is 1. The molecule has 0 radical (unpaired) electrons. The Kier molecular flexibility index (Phi) is 4.93. The summed E-state index contributed by atoms with van der Waals surface area (Å²) in [7, 11) is -3.38. The molecule has 5 nitrogen and oxygen atoms in total. The van der Waals surface area contributed by atoms with Crippen molar-refractivity contribution in [2.45, 2.75) is 37.9 Å². The number of aryl methyl sites for hydroxylation is 1. The molecule has 116 valence electrons. The molecule has 0 heterocycles. The summed E-state index contributed by atoms with van der Waals surface area (Å²) in [6.45, 7) is 1.82. The first-order valence-electron chi connectivity index (χ1n) is 6.86. The second-order valence-electron chi connectivity index (χ2n) is 5.45. The zero-order valence-corrected chi connectivity index (χ0v) is 14.3. The first kappa shape index (κ1) is 16.3. The third-order valence-corrected chi connectivity index (χ3v) is 6.38. The molecule has 0 saturated heterocycles. The number of hydrogen-bond donors (Lipinski definition) is 2. The lowest BCUT2D eigenvalue weighted by Crippen LogP contribution is -2.29. The maximum absolute atomic E-state index is 12.2. The van der Waals surface area contributed by atoms with Gasteiger partial charge >= 0.3 is 0 Å². The minimum absolute atomic E-state index is 0.371. The SMILES string of the molecule is Cc1cc(Br)cc(NC(=O)CS(=O)(=O)C2CCCC2)c1N. The molecule has 21 heavy (non-hydrogen) atoms. The number of carbonyl (C=O) groups is 1. The van der Waals surface area contributed by atoms with E-state index in [1.165, 1.54) is 0 Å². The van der Waals surface area contributed by atoms with E-state index in [-0.39, 0.29) is 5.25 Å². The molecule has 1 amide bonds. The van der Waals surface area contributed by atoms with Crippen LogP contribution in [0, 0.1) is 6.92 Å². The average Bonchev–Trinajstić information content (AvgIpc) is 2.89. The largest absolute Gasteiger partial charge is 0.397 e. The molecule has 7 heteroatoms. The van der Waals surface area contributed by atoms with Gasteiger partial charge in [-0.05, 0) is 37.5 Å². The number of anilines is 2. The molecule has 0 atom stereocenters. The zero-order valence-electron chi connectivity index (χ0n) is 11.9. The number of rotatable bonds is 4. The van der Waals surface area contributed by atoms with Gasteiger partial charge in [0.15, 0.2) is 9.84 Å².